The van der Waals surface area contributed by atoms with E-state index in [4.69, 9.17) is 9.47 Å². The molecule has 0 saturated heterocycles. The molecule has 0 bridgehead atoms. The summed E-state index contributed by atoms with van der Waals surface area (Å²) in [5.74, 6) is 0.778. The predicted molar refractivity (Wildman–Crippen MR) is 125 cm³/mol. The Hall–Kier alpha value is -4.12. The second-order valence-electron chi connectivity index (χ2n) is 7.62. The maximum atomic E-state index is 13.2. The van der Waals surface area contributed by atoms with Crippen LogP contribution in [-0.4, -0.2) is 23.9 Å². The Morgan fingerprint density at radius 2 is 1.64 bits per heavy atom. The van der Waals surface area contributed by atoms with E-state index in [9.17, 15) is 15.2 Å². The minimum atomic E-state index is -0.514. The van der Waals surface area contributed by atoms with Gasteiger partial charge in [-0.25, -0.2) is 0 Å². The molecule has 3 aromatic rings. The Kier molecular flexibility index (Phi) is 7.13. The van der Waals surface area contributed by atoms with Gasteiger partial charge in [-0.2, -0.15) is 5.26 Å². The first kappa shape index (κ1) is 23.5. The van der Waals surface area contributed by atoms with E-state index in [1.54, 1.807) is 27.2 Å². The number of aromatic nitrogens is 1. The SMILES string of the molecule is COc1ccc(CCn2c(O)c(C#N)c(C)c(N=Nc3c(C)cccc3C)c2=O)cc1OC. The number of hydrogen-bond acceptors (Lipinski definition) is 7. The summed E-state index contributed by atoms with van der Waals surface area (Å²) >= 11 is 0. The number of azo groups is 1. The highest BCUT2D eigenvalue weighted by Gasteiger charge is 2.19. The van der Waals surface area contributed by atoms with Crippen LogP contribution in [0.15, 0.2) is 51.4 Å². The van der Waals surface area contributed by atoms with Crippen molar-refractivity contribution < 1.29 is 14.6 Å². The van der Waals surface area contributed by atoms with Gasteiger partial charge in [0.15, 0.2) is 17.2 Å². The minimum absolute atomic E-state index is 0.00244. The maximum absolute atomic E-state index is 13.2. The summed E-state index contributed by atoms with van der Waals surface area (Å²) in [5.41, 5.74) is 3.18. The lowest BCUT2D eigenvalue weighted by molar-refractivity contribution is 0.354. The number of benzene rings is 2. The van der Waals surface area contributed by atoms with Gasteiger partial charge in [0.1, 0.15) is 11.6 Å². The number of rotatable bonds is 7. The lowest BCUT2D eigenvalue weighted by Gasteiger charge is -2.14. The molecule has 0 amide bonds. The van der Waals surface area contributed by atoms with E-state index in [-0.39, 0.29) is 29.2 Å². The third kappa shape index (κ3) is 4.72. The summed E-state index contributed by atoms with van der Waals surface area (Å²) in [6.07, 6.45) is 0.412. The van der Waals surface area contributed by atoms with E-state index in [0.717, 1.165) is 21.3 Å². The smallest absolute Gasteiger partial charge is 0.281 e. The largest absolute Gasteiger partial charge is 0.493 e. The highest BCUT2D eigenvalue weighted by atomic mass is 16.5. The fraction of sp³-hybridized carbons (Fsp3) is 0.280. The summed E-state index contributed by atoms with van der Waals surface area (Å²) in [7, 11) is 3.10. The van der Waals surface area contributed by atoms with Gasteiger partial charge < -0.3 is 14.6 Å². The van der Waals surface area contributed by atoms with E-state index < -0.39 is 5.56 Å². The molecular weight excluding hydrogens is 420 g/mol. The molecule has 0 spiro atoms. The number of nitrogens with zero attached hydrogens (tertiary/aromatic N) is 4. The zero-order valence-electron chi connectivity index (χ0n) is 19.3. The standard InChI is InChI=1S/C25H26N4O4/c1-15-7-6-8-16(2)22(15)27-28-23-17(3)19(14-26)24(30)29(25(23)31)12-11-18-9-10-20(32-4)21(13-18)33-5/h6-10,13,30H,11-12H2,1-5H3. The molecule has 0 aliphatic carbocycles. The Morgan fingerprint density at radius 3 is 2.24 bits per heavy atom. The lowest BCUT2D eigenvalue weighted by atomic mass is 10.1. The zero-order chi connectivity index (χ0) is 24.1. The van der Waals surface area contributed by atoms with E-state index in [2.05, 4.69) is 10.2 Å². The van der Waals surface area contributed by atoms with Crippen molar-refractivity contribution in [3.8, 4) is 23.4 Å². The topological polar surface area (TPSA) is 109 Å². The van der Waals surface area contributed by atoms with Gasteiger partial charge in [-0.3, -0.25) is 9.36 Å². The molecule has 0 radical (unpaired) electrons. The zero-order valence-corrected chi connectivity index (χ0v) is 19.3. The van der Waals surface area contributed by atoms with Crippen LogP contribution in [0.2, 0.25) is 0 Å². The van der Waals surface area contributed by atoms with Crippen LogP contribution >= 0.6 is 0 Å². The van der Waals surface area contributed by atoms with Crippen LogP contribution in [0.25, 0.3) is 0 Å². The van der Waals surface area contributed by atoms with Crippen molar-refractivity contribution in [1.29, 1.82) is 5.26 Å². The fourth-order valence-electron chi connectivity index (χ4n) is 3.60. The van der Waals surface area contributed by atoms with Crippen LogP contribution in [0.5, 0.6) is 17.4 Å². The minimum Gasteiger partial charge on any atom is -0.493 e. The van der Waals surface area contributed by atoms with Crippen molar-refractivity contribution in [2.45, 2.75) is 33.7 Å². The summed E-state index contributed by atoms with van der Waals surface area (Å²) in [4.78, 5) is 13.2. The molecule has 2 aromatic carbocycles. The Morgan fingerprint density at radius 1 is 1.00 bits per heavy atom. The predicted octanol–water partition coefficient (Wildman–Crippen LogP) is 5.03. The van der Waals surface area contributed by atoms with E-state index in [1.807, 2.05) is 50.2 Å². The van der Waals surface area contributed by atoms with E-state index in [0.29, 0.717) is 23.6 Å². The van der Waals surface area contributed by atoms with Crippen molar-refractivity contribution in [2.24, 2.45) is 10.2 Å². The molecular formula is C25H26N4O4. The molecule has 0 unspecified atom stereocenters. The second kappa shape index (κ2) is 10.0. The maximum Gasteiger partial charge on any atom is 0.281 e. The molecule has 3 rings (SSSR count). The molecule has 0 atom stereocenters. The number of ether oxygens (including phenoxy) is 2. The summed E-state index contributed by atoms with van der Waals surface area (Å²) in [6.45, 7) is 5.54. The molecule has 0 aliphatic heterocycles. The second-order valence-corrected chi connectivity index (χ2v) is 7.62. The van der Waals surface area contributed by atoms with Crippen LogP contribution in [0.4, 0.5) is 11.4 Å². The Balaban J connectivity index is 2.02. The van der Waals surface area contributed by atoms with Crippen molar-refractivity contribution in [1.82, 2.24) is 4.57 Å². The summed E-state index contributed by atoms with van der Waals surface area (Å²) < 4.78 is 11.7. The van der Waals surface area contributed by atoms with Crippen molar-refractivity contribution in [2.75, 3.05) is 14.2 Å². The summed E-state index contributed by atoms with van der Waals surface area (Å²) in [6, 6.07) is 13.2. The molecule has 1 N–H and O–H groups in total. The van der Waals surface area contributed by atoms with E-state index in [1.165, 1.54) is 0 Å². The van der Waals surface area contributed by atoms with Crippen molar-refractivity contribution in [3.05, 3.63) is 74.6 Å². The van der Waals surface area contributed by atoms with Gasteiger partial charge >= 0.3 is 0 Å². The fourth-order valence-corrected chi connectivity index (χ4v) is 3.60. The summed E-state index contributed by atoms with van der Waals surface area (Å²) in [5, 5.41) is 28.7. The third-order valence-electron chi connectivity index (χ3n) is 5.53. The van der Waals surface area contributed by atoms with Gasteiger partial charge in [-0.15, -0.1) is 10.2 Å². The molecule has 1 aromatic heterocycles. The third-order valence-corrected chi connectivity index (χ3v) is 5.53. The number of nitriles is 1. The molecule has 0 aliphatic rings. The molecule has 0 saturated carbocycles. The molecule has 8 nitrogen and oxygen atoms in total. The highest BCUT2D eigenvalue weighted by molar-refractivity contribution is 5.57. The number of aryl methyl sites for hydroxylation is 3. The van der Waals surface area contributed by atoms with Gasteiger partial charge in [-0.05, 0) is 56.0 Å². The van der Waals surface area contributed by atoms with Crippen LogP contribution in [0, 0.1) is 32.1 Å². The lowest BCUT2D eigenvalue weighted by Crippen LogP contribution is -2.23. The Bertz CT molecular complexity index is 1300. The van der Waals surface area contributed by atoms with Crippen LogP contribution < -0.4 is 15.0 Å². The molecule has 170 valence electrons. The average molecular weight is 447 g/mol. The normalized spacial score (nSPS) is 10.9. The van der Waals surface area contributed by atoms with Gasteiger partial charge in [0.05, 0.1) is 19.9 Å². The number of aromatic hydroxyl groups is 1. The van der Waals surface area contributed by atoms with Crippen LogP contribution in [0.3, 0.4) is 0 Å². The molecule has 33 heavy (non-hydrogen) atoms. The highest BCUT2D eigenvalue weighted by Crippen LogP contribution is 2.30. The quantitative estimate of drug-likeness (QED) is 0.512. The average Bonchev–Trinajstić information content (AvgIpc) is 2.80. The first-order valence-electron chi connectivity index (χ1n) is 10.4. The number of methoxy groups -OCH3 is 2. The van der Waals surface area contributed by atoms with Crippen molar-refractivity contribution >= 4 is 11.4 Å². The molecule has 1 heterocycles. The van der Waals surface area contributed by atoms with Crippen LogP contribution in [0.1, 0.15) is 27.8 Å². The molecule has 0 fully saturated rings. The molecule has 8 heteroatoms. The first-order valence-corrected chi connectivity index (χ1v) is 10.4. The number of hydrogen-bond donors (Lipinski definition) is 1. The van der Waals surface area contributed by atoms with Gasteiger partial charge in [0.25, 0.3) is 5.56 Å². The van der Waals surface area contributed by atoms with Gasteiger partial charge in [0.2, 0.25) is 5.88 Å². The first-order chi connectivity index (χ1) is 15.8. The monoisotopic (exact) mass is 446 g/mol. The van der Waals surface area contributed by atoms with Gasteiger partial charge in [-0.1, -0.05) is 24.3 Å². The van der Waals surface area contributed by atoms with E-state index >= 15 is 0 Å². The Labute approximate surface area is 192 Å². The van der Waals surface area contributed by atoms with Crippen molar-refractivity contribution in [3.63, 3.8) is 0 Å². The van der Waals surface area contributed by atoms with Crippen LogP contribution in [-0.2, 0) is 13.0 Å². The number of pyridine rings is 1. The van der Waals surface area contributed by atoms with Gasteiger partial charge in [0, 0.05) is 12.1 Å².